The van der Waals surface area contributed by atoms with Crippen LogP contribution in [0.1, 0.15) is 12.5 Å². The molecule has 3 aromatic rings. The van der Waals surface area contributed by atoms with Gasteiger partial charge in [-0.1, -0.05) is 0 Å². The van der Waals surface area contributed by atoms with Crippen LogP contribution in [0.4, 0.5) is 26.2 Å². The smallest absolute Gasteiger partial charge is 0.411 e. The van der Waals surface area contributed by atoms with Gasteiger partial charge in [-0.15, -0.1) is 0 Å². The summed E-state index contributed by atoms with van der Waals surface area (Å²) in [7, 11) is 0. The van der Waals surface area contributed by atoms with E-state index >= 15 is 0 Å². The molecule has 8 nitrogen and oxygen atoms in total. The normalized spacial score (nSPS) is 10.6. The summed E-state index contributed by atoms with van der Waals surface area (Å²) in [6, 6.07) is 8.49. The van der Waals surface area contributed by atoms with Crippen LogP contribution in [0.2, 0.25) is 0 Å². The topological polar surface area (TPSA) is 107 Å². The van der Waals surface area contributed by atoms with E-state index in [9.17, 15) is 19.3 Å². The first kappa shape index (κ1) is 18.2. The van der Waals surface area contributed by atoms with Crippen molar-refractivity contribution < 1.29 is 23.3 Å². The summed E-state index contributed by atoms with van der Waals surface area (Å²) >= 11 is 0. The van der Waals surface area contributed by atoms with Crippen molar-refractivity contribution in [3.8, 4) is 0 Å². The lowest BCUT2D eigenvalue weighted by atomic mass is 10.1. The van der Waals surface area contributed by atoms with E-state index in [-0.39, 0.29) is 30.3 Å². The summed E-state index contributed by atoms with van der Waals surface area (Å²) in [6.07, 6.45) is 0.732. The second-order valence-electron chi connectivity index (χ2n) is 5.59. The van der Waals surface area contributed by atoms with Crippen LogP contribution in [0.15, 0.2) is 47.1 Å². The molecule has 1 aromatic heterocycles. The van der Waals surface area contributed by atoms with Gasteiger partial charge in [0.15, 0.2) is 0 Å². The summed E-state index contributed by atoms with van der Waals surface area (Å²) in [4.78, 5) is 22.2. The van der Waals surface area contributed by atoms with Gasteiger partial charge in [0.2, 0.25) is 0 Å². The maximum absolute atomic E-state index is 13.4. The molecule has 2 N–H and O–H groups in total. The number of nitro groups is 1. The van der Waals surface area contributed by atoms with Crippen molar-refractivity contribution in [1.82, 2.24) is 0 Å². The number of fused-ring (bicyclic) bond motifs is 1. The Hall–Kier alpha value is -3.62. The number of benzene rings is 2. The highest BCUT2D eigenvalue weighted by Crippen LogP contribution is 2.29. The number of carbonyl (C=O) groups excluding carboxylic acids is 1. The fourth-order valence-electron chi connectivity index (χ4n) is 2.56. The summed E-state index contributed by atoms with van der Waals surface area (Å²) in [6.45, 7) is 2.06. The molecule has 0 atom stereocenters. The molecule has 0 spiro atoms. The van der Waals surface area contributed by atoms with Gasteiger partial charge in [-0.25, -0.2) is 9.18 Å². The molecule has 9 heteroatoms. The molecule has 0 fully saturated rings. The molecule has 0 unspecified atom stereocenters. The lowest BCUT2D eigenvalue weighted by molar-refractivity contribution is -0.383. The summed E-state index contributed by atoms with van der Waals surface area (Å²) in [5.74, 6) is -0.379. The third kappa shape index (κ3) is 4.14. The van der Waals surface area contributed by atoms with Crippen LogP contribution < -0.4 is 10.6 Å². The molecule has 1 amide bonds. The molecule has 0 radical (unpaired) electrons. The molecule has 27 heavy (non-hydrogen) atoms. The molecule has 140 valence electrons. The number of nitrogens with one attached hydrogen (secondary N) is 2. The van der Waals surface area contributed by atoms with Crippen molar-refractivity contribution in [2.45, 2.75) is 13.5 Å². The van der Waals surface area contributed by atoms with Crippen LogP contribution in [-0.2, 0) is 11.3 Å². The Kier molecular flexibility index (Phi) is 5.20. The number of nitro benzene ring substituents is 1. The zero-order chi connectivity index (χ0) is 19.4. The number of halogens is 1. The van der Waals surface area contributed by atoms with Gasteiger partial charge < -0.3 is 14.5 Å². The van der Waals surface area contributed by atoms with Gasteiger partial charge in [-0.05, 0) is 37.3 Å². The molecule has 0 bridgehead atoms. The van der Waals surface area contributed by atoms with Crippen LogP contribution in [-0.4, -0.2) is 17.6 Å². The first-order chi connectivity index (χ1) is 13.0. The van der Waals surface area contributed by atoms with Gasteiger partial charge in [0.05, 0.1) is 17.8 Å². The van der Waals surface area contributed by atoms with E-state index in [4.69, 9.17) is 9.15 Å². The number of ether oxygens (including phenoxy) is 1. The lowest BCUT2D eigenvalue weighted by Gasteiger charge is -2.09. The molecular weight excluding hydrogens is 357 g/mol. The molecule has 0 saturated heterocycles. The van der Waals surface area contributed by atoms with E-state index in [1.54, 1.807) is 13.0 Å². The Labute approximate surface area is 153 Å². The van der Waals surface area contributed by atoms with Gasteiger partial charge in [0.1, 0.15) is 17.1 Å². The highest BCUT2D eigenvalue weighted by atomic mass is 19.1. The maximum atomic E-state index is 13.4. The van der Waals surface area contributed by atoms with E-state index in [0.717, 1.165) is 0 Å². The molecule has 0 aliphatic heterocycles. The Morgan fingerprint density at radius 3 is 2.85 bits per heavy atom. The van der Waals surface area contributed by atoms with Crippen molar-refractivity contribution in [1.29, 1.82) is 0 Å². The average Bonchev–Trinajstić information content (AvgIpc) is 3.03. The van der Waals surface area contributed by atoms with E-state index in [0.29, 0.717) is 22.2 Å². The number of furan rings is 1. The summed E-state index contributed by atoms with van der Waals surface area (Å²) in [5, 5.41) is 17.3. The molecule has 1 heterocycles. The van der Waals surface area contributed by atoms with E-state index in [1.165, 1.54) is 36.6 Å². The number of carbonyl (C=O) groups is 1. The molecule has 2 aromatic carbocycles. The molecule has 0 aliphatic rings. The number of rotatable bonds is 6. The van der Waals surface area contributed by atoms with Crippen LogP contribution >= 0.6 is 0 Å². The second-order valence-corrected chi connectivity index (χ2v) is 5.59. The second kappa shape index (κ2) is 7.73. The van der Waals surface area contributed by atoms with Crippen molar-refractivity contribution >= 4 is 34.1 Å². The van der Waals surface area contributed by atoms with Gasteiger partial charge in [0, 0.05) is 29.2 Å². The van der Waals surface area contributed by atoms with Crippen LogP contribution in [0.25, 0.3) is 11.0 Å². The molecule has 3 rings (SSSR count). The third-order valence-electron chi connectivity index (χ3n) is 3.81. The Bertz CT molecular complexity index is 1000. The fraction of sp³-hybridized carbons (Fsp3) is 0.167. The quantitative estimate of drug-likeness (QED) is 0.481. The maximum Gasteiger partial charge on any atom is 0.411 e. The summed E-state index contributed by atoms with van der Waals surface area (Å²) in [5.41, 5.74) is 1.46. The van der Waals surface area contributed by atoms with Crippen LogP contribution in [0.3, 0.4) is 0 Å². The van der Waals surface area contributed by atoms with Crippen molar-refractivity contribution in [2.75, 3.05) is 17.2 Å². The van der Waals surface area contributed by atoms with E-state index < -0.39 is 11.0 Å². The van der Waals surface area contributed by atoms with Gasteiger partial charge in [-0.3, -0.25) is 15.4 Å². The zero-order valence-corrected chi connectivity index (χ0v) is 14.3. The predicted octanol–water partition coefficient (Wildman–Crippen LogP) is 4.66. The zero-order valence-electron chi connectivity index (χ0n) is 14.3. The minimum absolute atomic E-state index is 0.0276. The van der Waals surface area contributed by atoms with Crippen LogP contribution in [0.5, 0.6) is 0 Å². The number of hydrogen-bond acceptors (Lipinski definition) is 6. The summed E-state index contributed by atoms with van der Waals surface area (Å²) < 4.78 is 23.5. The number of anilines is 2. The minimum Gasteiger partial charge on any atom is -0.464 e. The highest BCUT2D eigenvalue weighted by molar-refractivity contribution is 5.88. The Morgan fingerprint density at radius 2 is 2.11 bits per heavy atom. The van der Waals surface area contributed by atoms with Crippen molar-refractivity contribution in [2.24, 2.45) is 0 Å². The molecule has 0 saturated carbocycles. The minimum atomic E-state index is -0.770. The highest BCUT2D eigenvalue weighted by Gasteiger charge is 2.17. The Balaban J connectivity index is 1.78. The van der Waals surface area contributed by atoms with E-state index in [1.807, 2.05) is 0 Å². The lowest BCUT2D eigenvalue weighted by Crippen LogP contribution is -2.14. The fourth-order valence-corrected chi connectivity index (χ4v) is 2.56. The predicted molar refractivity (Wildman–Crippen MR) is 97.2 cm³/mol. The standard InChI is InChI=1S/C18H16FN3O5/c1-2-26-18(23)21-15-5-4-13(8-16(15)22(24)25)20-9-11-10-27-17-6-3-12(19)7-14(11)17/h3-8,10,20H,2,9H2,1H3,(H,21,23). The first-order valence-electron chi connectivity index (χ1n) is 8.09. The molecular formula is C18H16FN3O5. The molecule has 0 aliphatic carbocycles. The SMILES string of the molecule is CCOC(=O)Nc1ccc(NCc2coc3ccc(F)cc23)cc1[N+](=O)[O-]. The average molecular weight is 373 g/mol. The monoisotopic (exact) mass is 373 g/mol. The Morgan fingerprint density at radius 1 is 1.30 bits per heavy atom. The van der Waals surface area contributed by atoms with Crippen molar-refractivity contribution in [3.05, 3.63) is 64.2 Å². The van der Waals surface area contributed by atoms with Gasteiger partial charge in [-0.2, -0.15) is 0 Å². The first-order valence-corrected chi connectivity index (χ1v) is 8.09. The van der Waals surface area contributed by atoms with Gasteiger partial charge >= 0.3 is 6.09 Å². The van der Waals surface area contributed by atoms with Crippen molar-refractivity contribution in [3.63, 3.8) is 0 Å². The number of hydrogen-bond donors (Lipinski definition) is 2. The number of nitrogens with zero attached hydrogens (tertiary/aromatic N) is 1. The largest absolute Gasteiger partial charge is 0.464 e. The number of amides is 1. The van der Waals surface area contributed by atoms with E-state index in [2.05, 4.69) is 10.6 Å². The van der Waals surface area contributed by atoms with Crippen LogP contribution in [0, 0.1) is 15.9 Å². The van der Waals surface area contributed by atoms with Gasteiger partial charge in [0.25, 0.3) is 5.69 Å². The third-order valence-corrected chi connectivity index (χ3v) is 3.81.